The zero-order valence-electron chi connectivity index (χ0n) is 18.4. The molecule has 0 saturated carbocycles. The molecule has 32 heavy (non-hydrogen) atoms. The van der Waals surface area contributed by atoms with Crippen LogP contribution >= 0.6 is 0 Å². The number of rotatable bonds is 6. The van der Waals surface area contributed by atoms with E-state index in [0.717, 1.165) is 70.2 Å². The Kier molecular flexibility index (Phi) is 6.84. The molecule has 170 valence electrons. The SMILES string of the molecule is CNC(=O)c1cc([N+](=O)[O-])ccc1N1CCCC(CN2CCN(c3ccccn3)CC2)C1. The van der Waals surface area contributed by atoms with E-state index in [2.05, 4.69) is 31.1 Å². The van der Waals surface area contributed by atoms with E-state index in [1.54, 1.807) is 13.1 Å². The van der Waals surface area contributed by atoms with Gasteiger partial charge in [0.1, 0.15) is 5.82 Å². The van der Waals surface area contributed by atoms with Gasteiger partial charge in [0.25, 0.3) is 11.6 Å². The fourth-order valence-electron chi connectivity index (χ4n) is 4.73. The number of piperazine rings is 1. The molecule has 4 rings (SSSR count). The molecular weight excluding hydrogens is 408 g/mol. The summed E-state index contributed by atoms with van der Waals surface area (Å²) in [4.78, 5) is 34.7. The lowest BCUT2D eigenvalue weighted by Crippen LogP contribution is -2.50. The van der Waals surface area contributed by atoms with Crippen LogP contribution in [-0.2, 0) is 0 Å². The number of nitrogens with zero attached hydrogens (tertiary/aromatic N) is 5. The van der Waals surface area contributed by atoms with Crippen molar-refractivity contribution in [1.82, 2.24) is 15.2 Å². The summed E-state index contributed by atoms with van der Waals surface area (Å²) >= 11 is 0. The second-order valence-corrected chi connectivity index (χ2v) is 8.47. The molecule has 0 bridgehead atoms. The number of amides is 1. The van der Waals surface area contributed by atoms with Gasteiger partial charge in [-0.25, -0.2) is 4.98 Å². The van der Waals surface area contributed by atoms with E-state index >= 15 is 0 Å². The number of carbonyl (C=O) groups excluding carboxylic acids is 1. The molecular formula is C23H30N6O3. The Balaban J connectivity index is 1.39. The summed E-state index contributed by atoms with van der Waals surface area (Å²) < 4.78 is 0. The van der Waals surface area contributed by atoms with Crippen molar-refractivity contribution >= 4 is 23.1 Å². The molecule has 1 unspecified atom stereocenters. The van der Waals surface area contributed by atoms with Crippen molar-refractivity contribution in [2.45, 2.75) is 12.8 Å². The molecule has 2 fully saturated rings. The number of aromatic nitrogens is 1. The molecule has 2 aromatic rings. The number of piperidine rings is 1. The third-order valence-electron chi connectivity index (χ3n) is 6.38. The van der Waals surface area contributed by atoms with E-state index < -0.39 is 4.92 Å². The predicted molar refractivity (Wildman–Crippen MR) is 124 cm³/mol. The van der Waals surface area contributed by atoms with E-state index in [0.29, 0.717) is 11.5 Å². The van der Waals surface area contributed by atoms with Crippen LogP contribution in [0.1, 0.15) is 23.2 Å². The molecule has 9 nitrogen and oxygen atoms in total. The Morgan fingerprint density at radius 1 is 1.16 bits per heavy atom. The maximum absolute atomic E-state index is 12.4. The zero-order chi connectivity index (χ0) is 22.5. The van der Waals surface area contributed by atoms with Gasteiger partial charge in [-0.1, -0.05) is 6.07 Å². The first-order valence-electron chi connectivity index (χ1n) is 11.2. The van der Waals surface area contributed by atoms with Gasteiger partial charge in [-0.05, 0) is 37.0 Å². The third-order valence-corrected chi connectivity index (χ3v) is 6.38. The number of carbonyl (C=O) groups is 1. The number of non-ortho nitro benzene ring substituents is 1. The highest BCUT2D eigenvalue weighted by Gasteiger charge is 2.27. The van der Waals surface area contributed by atoms with E-state index in [1.165, 1.54) is 12.1 Å². The van der Waals surface area contributed by atoms with E-state index in [1.807, 2.05) is 18.3 Å². The minimum absolute atomic E-state index is 0.0633. The second-order valence-electron chi connectivity index (χ2n) is 8.47. The molecule has 3 heterocycles. The number of benzene rings is 1. The van der Waals surface area contributed by atoms with Gasteiger partial charge in [-0.3, -0.25) is 19.8 Å². The average molecular weight is 439 g/mol. The number of nitro benzene ring substituents is 1. The van der Waals surface area contributed by atoms with Crippen LogP contribution in [0, 0.1) is 16.0 Å². The number of anilines is 2. The van der Waals surface area contributed by atoms with Crippen molar-refractivity contribution in [3.8, 4) is 0 Å². The molecule has 1 atom stereocenters. The molecule has 2 aliphatic heterocycles. The van der Waals surface area contributed by atoms with Crippen LogP contribution in [0.15, 0.2) is 42.6 Å². The quantitative estimate of drug-likeness (QED) is 0.547. The van der Waals surface area contributed by atoms with Crippen molar-refractivity contribution in [2.75, 3.05) is 62.7 Å². The molecule has 0 radical (unpaired) electrons. The summed E-state index contributed by atoms with van der Waals surface area (Å²) in [6.07, 6.45) is 4.03. The molecule has 1 aromatic heterocycles. The smallest absolute Gasteiger partial charge is 0.270 e. The van der Waals surface area contributed by atoms with Crippen LogP contribution in [0.4, 0.5) is 17.2 Å². The summed E-state index contributed by atoms with van der Waals surface area (Å²) in [6.45, 7) is 6.68. The van der Waals surface area contributed by atoms with Crippen LogP contribution in [-0.4, -0.2) is 73.6 Å². The Labute approximate surface area is 188 Å². The second kappa shape index (κ2) is 9.95. The Morgan fingerprint density at radius 2 is 1.97 bits per heavy atom. The number of nitrogens with one attached hydrogen (secondary N) is 1. The van der Waals surface area contributed by atoms with Crippen molar-refractivity contribution < 1.29 is 9.72 Å². The molecule has 0 spiro atoms. The standard InChI is InChI=1S/C23H30N6O3/c1-24-23(30)20-15-19(29(31)32)7-8-21(20)28-10-4-5-18(17-28)16-26-11-13-27(14-12-26)22-6-2-3-9-25-22/h2-3,6-9,15,18H,4-5,10-14,16-17H2,1H3,(H,24,30). The summed E-state index contributed by atoms with van der Waals surface area (Å²) in [5.74, 6) is 1.24. The lowest BCUT2D eigenvalue weighted by Gasteiger charge is -2.40. The normalized spacial score (nSPS) is 19.6. The Hall–Kier alpha value is -3.20. The minimum Gasteiger partial charge on any atom is -0.371 e. The number of hydrogen-bond acceptors (Lipinski definition) is 7. The zero-order valence-corrected chi connectivity index (χ0v) is 18.4. The molecule has 1 amide bonds. The van der Waals surface area contributed by atoms with E-state index in [-0.39, 0.29) is 11.6 Å². The summed E-state index contributed by atoms with van der Waals surface area (Å²) in [5.41, 5.74) is 1.08. The maximum Gasteiger partial charge on any atom is 0.270 e. The lowest BCUT2D eigenvalue weighted by atomic mass is 9.95. The largest absolute Gasteiger partial charge is 0.371 e. The fourth-order valence-corrected chi connectivity index (χ4v) is 4.73. The van der Waals surface area contributed by atoms with Crippen LogP contribution in [0.3, 0.4) is 0 Å². The van der Waals surface area contributed by atoms with Crippen LogP contribution in [0.25, 0.3) is 0 Å². The van der Waals surface area contributed by atoms with E-state index in [4.69, 9.17) is 0 Å². The fraction of sp³-hybridized carbons (Fsp3) is 0.478. The highest BCUT2D eigenvalue weighted by atomic mass is 16.6. The van der Waals surface area contributed by atoms with Gasteiger partial charge < -0.3 is 15.1 Å². The van der Waals surface area contributed by atoms with Gasteiger partial charge in [-0.2, -0.15) is 0 Å². The van der Waals surface area contributed by atoms with Crippen LogP contribution in [0.2, 0.25) is 0 Å². The van der Waals surface area contributed by atoms with Crippen molar-refractivity contribution in [2.24, 2.45) is 5.92 Å². The van der Waals surface area contributed by atoms with E-state index in [9.17, 15) is 14.9 Å². The van der Waals surface area contributed by atoms with Gasteiger partial charge >= 0.3 is 0 Å². The molecule has 1 aromatic carbocycles. The van der Waals surface area contributed by atoms with Gasteiger partial charge in [-0.15, -0.1) is 0 Å². The highest BCUT2D eigenvalue weighted by Crippen LogP contribution is 2.30. The maximum atomic E-state index is 12.4. The minimum atomic E-state index is -0.458. The molecule has 9 heteroatoms. The summed E-state index contributed by atoms with van der Waals surface area (Å²) in [5, 5.41) is 13.8. The van der Waals surface area contributed by atoms with Gasteiger partial charge in [0, 0.05) is 71.2 Å². The van der Waals surface area contributed by atoms with Crippen molar-refractivity contribution in [1.29, 1.82) is 0 Å². The molecule has 2 aliphatic rings. The Bertz CT molecular complexity index is 946. The van der Waals surface area contributed by atoms with Crippen LogP contribution < -0.4 is 15.1 Å². The predicted octanol–water partition coefficient (Wildman–Crippen LogP) is 2.39. The molecule has 1 N–H and O–H groups in total. The molecule has 0 aliphatic carbocycles. The highest BCUT2D eigenvalue weighted by molar-refractivity contribution is 6.00. The van der Waals surface area contributed by atoms with Crippen molar-refractivity contribution in [3.05, 3.63) is 58.3 Å². The number of nitro groups is 1. The molecule has 2 saturated heterocycles. The Morgan fingerprint density at radius 3 is 2.66 bits per heavy atom. The van der Waals surface area contributed by atoms with Gasteiger partial charge in [0.2, 0.25) is 0 Å². The first kappa shape index (κ1) is 22.0. The monoisotopic (exact) mass is 438 g/mol. The first-order valence-corrected chi connectivity index (χ1v) is 11.2. The first-order chi connectivity index (χ1) is 15.5. The number of pyridine rings is 1. The van der Waals surface area contributed by atoms with Crippen molar-refractivity contribution in [3.63, 3.8) is 0 Å². The lowest BCUT2D eigenvalue weighted by molar-refractivity contribution is -0.384. The van der Waals surface area contributed by atoms with Crippen LogP contribution in [0.5, 0.6) is 0 Å². The summed E-state index contributed by atoms with van der Waals surface area (Å²) in [7, 11) is 1.55. The average Bonchev–Trinajstić information content (AvgIpc) is 2.84. The van der Waals surface area contributed by atoms with Gasteiger partial charge in [0.05, 0.1) is 16.2 Å². The topological polar surface area (TPSA) is 94.8 Å². The summed E-state index contributed by atoms with van der Waals surface area (Å²) in [6, 6.07) is 10.6. The third kappa shape index (κ3) is 4.99. The van der Waals surface area contributed by atoms with Gasteiger partial charge in [0.15, 0.2) is 0 Å². The number of hydrogen-bond donors (Lipinski definition) is 1.